The number of hydrogen-bond acceptors (Lipinski definition) is 3. The monoisotopic (exact) mass is 345 g/mol. The van der Waals surface area contributed by atoms with Crippen LogP contribution in [0.5, 0.6) is 5.75 Å². The van der Waals surface area contributed by atoms with Crippen LogP contribution in [0.25, 0.3) is 0 Å². The highest BCUT2D eigenvalue weighted by molar-refractivity contribution is 5.94. The number of carbonyl (C=O) groups is 2. The summed E-state index contributed by atoms with van der Waals surface area (Å²) in [6, 6.07) is 9.34. The highest BCUT2D eigenvalue weighted by Gasteiger charge is 2.16. The topological polar surface area (TPSA) is 66.8 Å². The molecule has 2 aromatic carbocycles. The van der Waals surface area contributed by atoms with Gasteiger partial charge in [-0.15, -0.1) is 0 Å². The van der Waals surface area contributed by atoms with E-state index >= 15 is 0 Å². The first-order valence-corrected chi connectivity index (χ1v) is 7.73. The van der Waals surface area contributed by atoms with Crippen molar-refractivity contribution in [1.82, 2.24) is 4.90 Å². The summed E-state index contributed by atoms with van der Waals surface area (Å²) < 4.78 is 18.2. The van der Waals surface area contributed by atoms with Gasteiger partial charge in [0.05, 0.1) is 0 Å². The third kappa shape index (κ3) is 4.79. The maximum absolute atomic E-state index is 13.0. The molecule has 1 N–H and O–H groups in total. The molecule has 6 heteroatoms. The van der Waals surface area contributed by atoms with Crippen molar-refractivity contribution in [3.05, 3.63) is 64.5 Å². The lowest BCUT2D eigenvalue weighted by molar-refractivity contribution is -0.139. The molecule has 2 aromatic rings. The second kappa shape index (κ2) is 7.79. The number of nitrogens with zero attached hydrogens (tertiary/aromatic N) is 1. The van der Waals surface area contributed by atoms with Crippen molar-refractivity contribution in [2.45, 2.75) is 20.4 Å². The molecular formula is C19H20FNO4. The van der Waals surface area contributed by atoms with Gasteiger partial charge in [0, 0.05) is 19.2 Å². The zero-order valence-corrected chi connectivity index (χ0v) is 14.4. The van der Waals surface area contributed by atoms with Crippen molar-refractivity contribution in [3.63, 3.8) is 0 Å². The third-order valence-electron chi connectivity index (χ3n) is 3.73. The van der Waals surface area contributed by atoms with Crippen molar-refractivity contribution in [3.8, 4) is 5.75 Å². The molecule has 0 bridgehead atoms. The Morgan fingerprint density at radius 2 is 1.68 bits per heavy atom. The van der Waals surface area contributed by atoms with Crippen LogP contribution in [0.1, 0.15) is 27.0 Å². The Balaban J connectivity index is 2.15. The van der Waals surface area contributed by atoms with E-state index in [-0.39, 0.29) is 11.7 Å². The quantitative estimate of drug-likeness (QED) is 0.873. The molecule has 0 saturated heterocycles. The molecule has 0 heterocycles. The fourth-order valence-electron chi connectivity index (χ4n) is 2.59. The second-order valence-corrected chi connectivity index (χ2v) is 5.91. The van der Waals surface area contributed by atoms with Crippen LogP contribution in [-0.2, 0) is 11.3 Å². The van der Waals surface area contributed by atoms with Gasteiger partial charge in [-0.05, 0) is 54.8 Å². The molecule has 132 valence electrons. The van der Waals surface area contributed by atoms with E-state index in [1.165, 1.54) is 12.1 Å². The normalized spacial score (nSPS) is 10.4. The van der Waals surface area contributed by atoms with Crippen molar-refractivity contribution in [1.29, 1.82) is 0 Å². The maximum Gasteiger partial charge on any atom is 0.341 e. The third-order valence-corrected chi connectivity index (χ3v) is 3.73. The predicted octanol–water partition coefficient (Wildman–Crippen LogP) is 3.18. The number of carboxylic acids is 1. The van der Waals surface area contributed by atoms with Crippen LogP contribution < -0.4 is 4.74 Å². The SMILES string of the molecule is Cc1cc(C(=O)N(C)Cc2ccc(F)cc2)cc(C)c1OCC(=O)O. The Hall–Kier alpha value is -2.89. The van der Waals surface area contributed by atoms with E-state index in [4.69, 9.17) is 9.84 Å². The van der Waals surface area contributed by atoms with Gasteiger partial charge in [0.25, 0.3) is 5.91 Å². The molecular weight excluding hydrogens is 325 g/mol. The number of hydrogen-bond donors (Lipinski definition) is 1. The zero-order chi connectivity index (χ0) is 18.6. The van der Waals surface area contributed by atoms with Crippen molar-refractivity contribution in [2.24, 2.45) is 0 Å². The minimum absolute atomic E-state index is 0.180. The second-order valence-electron chi connectivity index (χ2n) is 5.91. The van der Waals surface area contributed by atoms with Gasteiger partial charge in [-0.1, -0.05) is 12.1 Å². The molecule has 2 rings (SSSR count). The summed E-state index contributed by atoms with van der Waals surface area (Å²) >= 11 is 0. The number of rotatable bonds is 6. The first-order valence-electron chi connectivity index (χ1n) is 7.73. The van der Waals surface area contributed by atoms with Crippen LogP contribution in [0.2, 0.25) is 0 Å². The van der Waals surface area contributed by atoms with E-state index in [1.807, 2.05) is 0 Å². The number of carbonyl (C=O) groups excluding carboxylic acids is 1. The number of aryl methyl sites for hydroxylation is 2. The summed E-state index contributed by atoms with van der Waals surface area (Å²) in [5.41, 5.74) is 2.70. The van der Waals surface area contributed by atoms with Gasteiger partial charge in [-0.3, -0.25) is 4.79 Å². The molecule has 0 radical (unpaired) electrons. The van der Waals surface area contributed by atoms with E-state index in [0.29, 0.717) is 29.0 Å². The summed E-state index contributed by atoms with van der Waals surface area (Å²) in [6.45, 7) is 3.45. The number of aliphatic carboxylic acids is 1. The molecule has 0 aromatic heterocycles. The van der Waals surface area contributed by atoms with Gasteiger partial charge in [-0.2, -0.15) is 0 Å². The fraction of sp³-hybridized carbons (Fsp3) is 0.263. The molecule has 25 heavy (non-hydrogen) atoms. The Morgan fingerprint density at radius 3 is 2.20 bits per heavy atom. The van der Waals surface area contributed by atoms with Crippen LogP contribution in [0.4, 0.5) is 4.39 Å². The smallest absolute Gasteiger partial charge is 0.341 e. The van der Waals surface area contributed by atoms with Gasteiger partial charge in [0.15, 0.2) is 6.61 Å². The minimum Gasteiger partial charge on any atom is -0.481 e. The highest BCUT2D eigenvalue weighted by atomic mass is 19.1. The molecule has 0 aliphatic heterocycles. The molecule has 0 aliphatic rings. The number of amides is 1. The lowest BCUT2D eigenvalue weighted by Gasteiger charge is -2.19. The molecule has 0 unspecified atom stereocenters. The average molecular weight is 345 g/mol. The summed E-state index contributed by atoms with van der Waals surface area (Å²) in [6.07, 6.45) is 0. The Labute approximate surface area is 145 Å². The van der Waals surface area contributed by atoms with E-state index in [0.717, 1.165) is 5.56 Å². The number of carboxylic acid groups (broad SMARTS) is 1. The van der Waals surface area contributed by atoms with Crippen molar-refractivity contribution in [2.75, 3.05) is 13.7 Å². The molecule has 0 spiro atoms. The average Bonchev–Trinajstić information content (AvgIpc) is 2.55. The van der Waals surface area contributed by atoms with Gasteiger partial charge >= 0.3 is 5.97 Å². The largest absolute Gasteiger partial charge is 0.481 e. The first-order chi connectivity index (χ1) is 11.8. The van der Waals surface area contributed by atoms with E-state index in [2.05, 4.69) is 0 Å². The maximum atomic E-state index is 13.0. The van der Waals surface area contributed by atoms with E-state index in [1.54, 1.807) is 50.1 Å². The van der Waals surface area contributed by atoms with Crippen LogP contribution >= 0.6 is 0 Å². The lowest BCUT2D eigenvalue weighted by Crippen LogP contribution is -2.26. The summed E-state index contributed by atoms with van der Waals surface area (Å²) in [5.74, 6) is -1.08. The Kier molecular flexibility index (Phi) is 5.75. The van der Waals surface area contributed by atoms with Crippen LogP contribution in [-0.4, -0.2) is 35.5 Å². The van der Waals surface area contributed by atoms with Crippen LogP contribution in [0, 0.1) is 19.7 Å². The van der Waals surface area contributed by atoms with Gasteiger partial charge in [-0.25, -0.2) is 9.18 Å². The standard InChI is InChI=1S/C19H20FNO4/c1-12-8-15(9-13(2)18(12)25-11-17(22)23)19(24)21(3)10-14-4-6-16(20)7-5-14/h4-9H,10-11H2,1-3H3,(H,22,23). The molecule has 0 atom stereocenters. The minimum atomic E-state index is -1.06. The summed E-state index contributed by atoms with van der Waals surface area (Å²) in [4.78, 5) is 24.8. The van der Waals surface area contributed by atoms with Gasteiger partial charge < -0.3 is 14.7 Å². The Bertz CT molecular complexity index is 764. The molecule has 1 amide bonds. The molecule has 0 fully saturated rings. The first kappa shape index (κ1) is 18.4. The molecule has 5 nitrogen and oxygen atoms in total. The molecule has 0 aliphatic carbocycles. The summed E-state index contributed by atoms with van der Waals surface area (Å²) in [5, 5.41) is 8.72. The predicted molar refractivity (Wildman–Crippen MR) is 91.2 cm³/mol. The van der Waals surface area contributed by atoms with Crippen LogP contribution in [0.3, 0.4) is 0 Å². The van der Waals surface area contributed by atoms with Crippen molar-refractivity contribution >= 4 is 11.9 Å². The van der Waals surface area contributed by atoms with E-state index in [9.17, 15) is 14.0 Å². The van der Waals surface area contributed by atoms with Crippen LogP contribution in [0.15, 0.2) is 36.4 Å². The summed E-state index contributed by atoms with van der Waals surface area (Å²) in [7, 11) is 1.67. The zero-order valence-electron chi connectivity index (χ0n) is 14.4. The van der Waals surface area contributed by atoms with E-state index < -0.39 is 12.6 Å². The number of ether oxygens (including phenoxy) is 1. The molecule has 0 saturated carbocycles. The highest BCUT2D eigenvalue weighted by Crippen LogP contribution is 2.25. The number of halogens is 1. The van der Waals surface area contributed by atoms with Gasteiger partial charge in [0.2, 0.25) is 0 Å². The number of benzene rings is 2. The lowest BCUT2D eigenvalue weighted by atomic mass is 10.0. The Morgan fingerprint density at radius 1 is 1.12 bits per heavy atom. The fourth-order valence-corrected chi connectivity index (χ4v) is 2.59. The van der Waals surface area contributed by atoms with Gasteiger partial charge in [0.1, 0.15) is 11.6 Å². The van der Waals surface area contributed by atoms with Crippen molar-refractivity contribution < 1.29 is 23.8 Å².